The van der Waals surface area contributed by atoms with Crippen LogP contribution in [0.1, 0.15) is 162 Å². The van der Waals surface area contributed by atoms with E-state index >= 15 is 0 Å². The molecule has 10 heteroatoms. The molecule has 10 nitrogen and oxygen atoms in total. The highest BCUT2D eigenvalue weighted by molar-refractivity contribution is 5.80. The summed E-state index contributed by atoms with van der Waals surface area (Å²) in [4.78, 5) is 13.0. The summed E-state index contributed by atoms with van der Waals surface area (Å²) in [6.45, 7) is 5.68. The minimum atomic E-state index is -1.61. The van der Waals surface area contributed by atoms with E-state index in [4.69, 9.17) is 9.47 Å². The van der Waals surface area contributed by atoms with Gasteiger partial charge in [-0.25, -0.2) is 0 Å². The summed E-state index contributed by atoms with van der Waals surface area (Å²) >= 11 is 0. The molecule has 8 atom stereocenters. The normalized spacial score (nSPS) is 23.3. The van der Waals surface area contributed by atoms with Crippen LogP contribution in [-0.4, -0.2) is 98.7 Å². The molecule has 0 spiro atoms. The number of hydrogen-bond donors (Lipinski definition) is 7. The van der Waals surface area contributed by atoms with Gasteiger partial charge in [0.2, 0.25) is 5.91 Å². The summed E-state index contributed by atoms with van der Waals surface area (Å²) in [6, 6.07) is -0.993. The van der Waals surface area contributed by atoms with Gasteiger partial charge in [0.25, 0.3) is 0 Å². The van der Waals surface area contributed by atoms with Crippen molar-refractivity contribution in [1.82, 2.24) is 5.32 Å². The van der Waals surface area contributed by atoms with Crippen molar-refractivity contribution < 1.29 is 44.9 Å². The largest absolute Gasteiger partial charge is 0.394 e. The number of nitrogens with one attached hydrogen (secondary N) is 1. The van der Waals surface area contributed by atoms with E-state index in [-0.39, 0.29) is 6.61 Å². The Labute approximate surface area is 303 Å². The molecule has 0 aromatic heterocycles. The molecule has 1 saturated heterocycles. The van der Waals surface area contributed by atoms with E-state index in [0.29, 0.717) is 19.3 Å². The first-order valence-electron chi connectivity index (χ1n) is 20.1. The van der Waals surface area contributed by atoms with Gasteiger partial charge in [0.05, 0.1) is 25.4 Å². The lowest BCUT2D eigenvalue weighted by Crippen LogP contribution is -2.60. The molecule has 0 saturated carbocycles. The maximum atomic E-state index is 13.0. The Balaban J connectivity index is 2.60. The second-order valence-electron chi connectivity index (χ2n) is 14.4. The van der Waals surface area contributed by atoms with Crippen molar-refractivity contribution in [3.8, 4) is 0 Å². The molecule has 0 radical (unpaired) electrons. The van der Waals surface area contributed by atoms with E-state index in [1.807, 2.05) is 6.08 Å². The Morgan fingerprint density at radius 2 is 1.30 bits per heavy atom. The van der Waals surface area contributed by atoms with Crippen LogP contribution < -0.4 is 5.32 Å². The zero-order valence-electron chi connectivity index (χ0n) is 31.7. The van der Waals surface area contributed by atoms with Gasteiger partial charge in [-0.15, -0.1) is 0 Å². The van der Waals surface area contributed by atoms with Crippen molar-refractivity contribution in [2.75, 3.05) is 13.2 Å². The fourth-order valence-electron chi connectivity index (χ4n) is 6.30. The lowest BCUT2D eigenvalue weighted by atomic mass is 9.99. The summed E-state index contributed by atoms with van der Waals surface area (Å²) in [5.41, 5.74) is 1.36. The number of aliphatic hydroxyl groups excluding tert-OH is 6. The van der Waals surface area contributed by atoms with Crippen molar-refractivity contribution in [3.63, 3.8) is 0 Å². The Kier molecular flexibility index (Phi) is 28.1. The van der Waals surface area contributed by atoms with E-state index in [0.717, 1.165) is 32.1 Å². The zero-order valence-corrected chi connectivity index (χ0v) is 31.7. The first kappa shape index (κ1) is 46.7. The molecule has 1 aliphatic rings. The van der Waals surface area contributed by atoms with E-state index in [9.17, 15) is 35.4 Å². The number of ether oxygens (including phenoxy) is 2. The standard InChI is InChI=1S/C40H75NO9/c1-4-6-8-10-12-13-14-15-16-17-19-23-28-34(44)39(48)41-32(30-49-40-38(47)37(46)36(45)35(29-42)50-40)33(43)27-24-20-22-26-31(3)25-21-18-11-9-7-5-2/h24,26-27,32-38,40,42-47H,4-23,25,28-30H2,1-3H3,(H,41,48). The molecule has 1 fully saturated rings. The van der Waals surface area contributed by atoms with Crippen LogP contribution in [0.2, 0.25) is 0 Å². The molecular formula is C40H75NO9. The smallest absolute Gasteiger partial charge is 0.249 e. The Morgan fingerprint density at radius 3 is 1.86 bits per heavy atom. The molecule has 0 aromatic rings. The zero-order chi connectivity index (χ0) is 37.0. The number of hydrogen-bond acceptors (Lipinski definition) is 9. The summed E-state index contributed by atoms with van der Waals surface area (Å²) in [6.07, 6.45) is 20.6. The average Bonchev–Trinajstić information content (AvgIpc) is 3.11. The van der Waals surface area contributed by atoms with Crippen LogP contribution in [0.4, 0.5) is 0 Å². The van der Waals surface area contributed by atoms with Gasteiger partial charge in [0, 0.05) is 0 Å². The molecule has 1 rings (SSSR count). The Morgan fingerprint density at radius 1 is 0.760 bits per heavy atom. The summed E-state index contributed by atoms with van der Waals surface area (Å²) in [5, 5.41) is 64.4. The second kappa shape index (κ2) is 30.1. The Bertz CT molecular complexity index is 883. The first-order chi connectivity index (χ1) is 24.2. The van der Waals surface area contributed by atoms with Crippen molar-refractivity contribution in [1.29, 1.82) is 0 Å². The van der Waals surface area contributed by atoms with Crippen LogP contribution in [0.3, 0.4) is 0 Å². The van der Waals surface area contributed by atoms with Gasteiger partial charge in [-0.3, -0.25) is 4.79 Å². The highest BCUT2D eigenvalue weighted by Crippen LogP contribution is 2.22. The molecule has 0 aromatic carbocycles. The number of unbranched alkanes of at least 4 members (excludes halogenated alkanes) is 17. The maximum absolute atomic E-state index is 13.0. The van der Waals surface area contributed by atoms with Crippen molar-refractivity contribution in [2.45, 2.75) is 211 Å². The highest BCUT2D eigenvalue weighted by atomic mass is 16.7. The number of allylic oxidation sites excluding steroid dienone is 3. The third-order valence-electron chi connectivity index (χ3n) is 9.75. The Hall–Kier alpha value is -1.37. The minimum absolute atomic E-state index is 0.305. The predicted octanol–water partition coefficient (Wildman–Crippen LogP) is 6.13. The van der Waals surface area contributed by atoms with Crippen LogP contribution >= 0.6 is 0 Å². The van der Waals surface area contributed by atoms with Crippen LogP contribution in [0.15, 0.2) is 23.8 Å². The number of rotatable bonds is 31. The molecule has 0 bridgehead atoms. The first-order valence-corrected chi connectivity index (χ1v) is 20.1. The van der Waals surface area contributed by atoms with Crippen LogP contribution in [0.25, 0.3) is 0 Å². The lowest BCUT2D eigenvalue weighted by molar-refractivity contribution is -0.302. The van der Waals surface area contributed by atoms with Crippen LogP contribution in [-0.2, 0) is 14.3 Å². The molecule has 1 heterocycles. The van der Waals surface area contributed by atoms with Crippen molar-refractivity contribution in [2.24, 2.45) is 0 Å². The van der Waals surface area contributed by atoms with Crippen LogP contribution in [0, 0.1) is 0 Å². The fourth-order valence-corrected chi connectivity index (χ4v) is 6.30. The van der Waals surface area contributed by atoms with E-state index in [2.05, 4.69) is 32.2 Å². The van der Waals surface area contributed by atoms with Crippen molar-refractivity contribution >= 4 is 5.91 Å². The number of carbonyl (C=O) groups is 1. The van der Waals surface area contributed by atoms with Gasteiger partial charge in [-0.2, -0.15) is 0 Å². The SMILES string of the molecule is CCCCCCCCCCCCCCC(O)C(=O)NC(COC1OC(CO)C(O)C(O)C1O)C(O)C=CCCC=C(C)CCCCCCCC. The van der Waals surface area contributed by atoms with E-state index in [1.54, 1.807) is 6.08 Å². The second-order valence-corrected chi connectivity index (χ2v) is 14.4. The topological polar surface area (TPSA) is 169 Å². The molecule has 1 amide bonds. The molecule has 1 aliphatic heterocycles. The predicted molar refractivity (Wildman–Crippen MR) is 199 cm³/mol. The van der Waals surface area contributed by atoms with Gasteiger partial charge < -0.3 is 45.4 Å². The van der Waals surface area contributed by atoms with E-state index in [1.165, 1.54) is 95.5 Å². The van der Waals surface area contributed by atoms with Crippen molar-refractivity contribution in [3.05, 3.63) is 23.8 Å². The minimum Gasteiger partial charge on any atom is -0.394 e. The number of aliphatic hydroxyl groups is 6. The lowest BCUT2D eigenvalue weighted by Gasteiger charge is -2.40. The fraction of sp³-hybridized carbons (Fsp3) is 0.875. The molecule has 294 valence electrons. The molecular weight excluding hydrogens is 638 g/mol. The van der Waals surface area contributed by atoms with E-state index < -0.39 is 61.5 Å². The molecule has 50 heavy (non-hydrogen) atoms. The number of carbonyl (C=O) groups excluding carboxylic acids is 1. The third-order valence-corrected chi connectivity index (χ3v) is 9.75. The molecule has 8 unspecified atom stereocenters. The average molecular weight is 714 g/mol. The summed E-state index contributed by atoms with van der Waals surface area (Å²) in [7, 11) is 0. The quantitative estimate of drug-likeness (QED) is 0.0330. The van der Waals surface area contributed by atoms with Gasteiger partial charge in [-0.05, 0) is 39.0 Å². The van der Waals surface area contributed by atoms with Gasteiger partial charge in [0.15, 0.2) is 6.29 Å². The monoisotopic (exact) mass is 714 g/mol. The summed E-state index contributed by atoms with van der Waals surface area (Å²) in [5.74, 6) is -0.629. The van der Waals surface area contributed by atoms with Gasteiger partial charge in [0.1, 0.15) is 30.5 Å². The van der Waals surface area contributed by atoms with Crippen LogP contribution in [0.5, 0.6) is 0 Å². The number of amides is 1. The maximum Gasteiger partial charge on any atom is 0.249 e. The molecule has 7 N–H and O–H groups in total. The van der Waals surface area contributed by atoms with Gasteiger partial charge in [-0.1, -0.05) is 147 Å². The van der Waals surface area contributed by atoms with Gasteiger partial charge >= 0.3 is 0 Å². The summed E-state index contributed by atoms with van der Waals surface area (Å²) < 4.78 is 11.1. The molecule has 0 aliphatic carbocycles. The third kappa shape index (κ3) is 21.2. The highest BCUT2D eigenvalue weighted by Gasteiger charge is 2.44.